The van der Waals surface area contributed by atoms with Crippen molar-refractivity contribution >= 4 is 0 Å². The Bertz CT molecular complexity index is 83.0. The van der Waals surface area contributed by atoms with Gasteiger partial charge in [-0.2, -0.15) is 0 Å². The summed E-state index contributed by atoms with van der Waals surface area (Å²) < 4.78 is 0. The molecule has 2 N–H and O–H groups in total. The SMILES string of the molecule is CNC1NCCCC1C. The number of hydrogen-bond donors (Lipinski definition) is 2. The monoisotopic (exact) mass is 128 g/mol. The molecule has 0 radical (unpaired) electrons. The summed E-state index contributed by atoms with van der Waals surface area (Å²) in [5.74, 6) is 0.795. The lowest BCUT2D eigenvalue weighted by Crippen LogP contribution is -2.48. The van der Waals surface area contributed by atoms with E-state index in [1.54, 1.807) is 0 Å². The minimum Gasteiger partial charge on any atom is -0.305 e. The predicted molar refractivity (Wildman–Crippen MR) is 39.2 cm³/mol. The summed E-state index contributed by atoms with van der Waals surface area (Å²) in [5, 5.41) is 6.65. The first-order valence-electron chi connectivity index (χ1n) is 3.75. The number of hydrogen-bond acceptors (Lipinski definition) is 2. The summed E-state index contributed by atoms with van der Waals surface area (Å²) in [7, 11) is 2.01. The largest absolute Gasteiger partial charge is 0.305 e. The molecule has 2 unspecified atom stereocenters. The molecule has 1 rings (SSSR count). The van der Waals surface area contributed by atoms with Crippen LogP contribution in [-0.4, -0.2) is 19.8 Å². The van der Waals surface area contributed by atoms with E-state index in [1.807, 2.05) is 7.05 Å². The summed E-state index contributed by atoms with van der Waals surface area (Å²) in [5.41, 5.74) is 0. The molecule has 0 aromatic heterocycles. The van der Waals surface area contributed by atoms with Crippen molar-refractivity contribution in [2.24, 2.45) is 5.92 Å². The fourth-order valence-electron chi connectivity index (χ4n) is 1.44. The van der Waals surface area contributed by atoms with Crippen LogP contribution in [0.4, 0.5) is 0 Å². The lowest BCUT2D eigenvalue weighted by atomic mass is 9.98. The van der Waals surface area contributed by atoms with Crippen molar-refractivity contribution in [2.75, 3.05) is 13.6 Å². The van der Waals surface area contributed by atoms with Gasteiger partial charge in [-0.15, -0.1) is 0 Å². The van der Waals surface area contributed by atoms with Gasteiger partial charge in [0.1, 0.15) is 0 Å². The van der Waals surface area contributed by atoms with Crippen molar-refractivity contribution in [1.82, 2.24) is 10.6 Å². The average Bonchev–Trinajstić information content (AvgIpc) is 1.89. The minimum atomic E-state index is 0.554. The van der Waals surface area contributed by atoms with Crippen LogP contribution in [0.25, 0.3) is 0 Å². The summed E-state index contributed by atoms with van der Waals surface area (Å²) in [6, 6.07) is 0. The van der Waals surface area contributed by atoms with Gasteiger partial charge in [0.15, 0.2) is 0 Å². The highest BCUT2D eigenvalue weighted by Crippen LogP contribution is 2.12. The molecular weight excluding hydrogens is 112 g/mol. The van der Waals surface area contributed by atoms with Crippen LogP contribution in [0.15, 0.2) is 0 Å². The highest BCUT2D eigenvalue weighted by Gasteiger charge is 2.17. The molecule has 0 bridgehead atoms. The molecule has 2 atom stereocenters. The lowest BCUT2D eigenvalue weighted by molar-refractivity contribution is 0.269. The van der Waals surface area contributed by atoms with Gasteiger partial charge in [-0.3, -0.25) is 0 Å². The van der Waals surface area contributed by atoms with E-state index >= 15 is 0 Å². The van der Waals surface area contributed by atoms with Gasteiger partial charge in [0, 0.05) is 0 Å². The first-order chi connectivity index (χ1) is 4.34. The topological polar surface area (TPSA) is 24.1 Å². The van der Waals surface area contributed by atoms with E-state index < -0.39 is 0 Å². The molecule has 0 aromatic rings. The second-order valence-electron chi connectivity index (χ2n) is 2.84. The molecule has 1 aliphatic heterocycles. The van der Waals surface area contributed by atoms with E-state index in [1.165, 1.54) is 19.4 Å². The first-order valence-corrected chi connectivity index (χ1v) is 3.75. The smallest absolute Gasteiger partial charge is 0.0595 e. The third-order valence-electron chi connectivity index (χ3n) is 2.08. The van der Waals surface area contributed by atoms with Gasteiger partial charge in [0.25, 0.3) is 0 Å². The number of rotatable bonds is 1. The second kappa shape index (κ2) is 3.18. The highest BCUT2D eigenvalue weighted by molar-refractivity contribution is 4.74. The van der Waals surface area contributed by atoms with E-state index in [0.29, 0.717) is 6.17 Å². The third-order valence-corrected chi connectivity index (χ3v) is 2.08. The highest BCUT2D eigenvalue weighted by atomic mass is 15.1. The van der Waals surface area contributed by atoms with Crippen LogP contribution < -0.4 is 10.6 Å². The number of nitrogens with one attached hydrogen (secondary N) is 2. The van der Waals surface area contributed by atoms with Gasteiger partial charge in [0.05, 0.1) is 6.17 Å². The third kappa shape index (κ3) is 1.66. The molecule has 9 heavy (non-hydrogen) atoms. The van der Waals surface area contributed by atoms with Crippen LogP contribution in [-0.2, 0) is 0 Å². The molecule has 1 heterocycles. The van der Waals surface area contributed by atoms with Crippen molar-refractivity contribution in [2.45, 2.75) is 25.9 Å². The average molecular weight is 128 g/mol. The van der Waals surface area contributed by atoms with E-state index in [2.05, 4.69) is 17.6 Å². The van der Waals surface area contributed by atoms with Gasteiger partial charge in [-0.1, -0.05) is 6.92 Å². The summed E-state index contributed by atoms with van der Waals surface area (Å²) >= 11 is 0. The van der Waals surface area contributed by atoms with E-state index in [9.17, 15) is 0 Å². The molecule has 2 nitrogen and oxygen atoms in total. The Hall–Kier alpha value is -0.0800. The van der Waals surface area contributed by atoms with Crippen LogP contribution in [0.3, 0.4) is 0 Å². The normalized spacial score (nSPS) is 36.7. The molecule has 1 saturated heterocycles. The Kier molecular flexibility index (Phi) is 2.49. The van der Waals surface area contributed by atoms with Crippen molar-refractivity contribution in [3.05, 3.63) is 0 Å². The molecule has 1 fully saturated rings. The van der Waals surface area contributed by atoms with Gasteiger partial charge in [-0.05, 0) is 32.4 Å². The summed E-state index contributed by atoms with van der Waals surface area (Å²) in [6.07, 6.45) is 3.25. The van der Waals surface area contributed by atoms with Gasteiger partial charge >= 0.3 is 0 Å². The number of piperidine rings is 1. The van der Waals surface area contributed by atoms with Gasteiger partial charge < -0.3 is 10.6 Å². The zero-order valence-corrected chi connectivity index (χ0v) is 6.28. The van der Waals surface area contributed by atoms with Crippen molar-refractivity contribution in [3.8, 4) is 0 Å². The van der Waals surface area contributed by atoms with E-state index in [4.69, 9.17) is 0 Å². The Labute approximate surface area is 57.0 Å². The van der Waals surface area contributed by atoms with Crippen LogP contribution in [0, 0.1) is 5.92 Å². The van der Waals surface area contributed by atoms with Crippen LogP contribution in [0.2, 0.25) is 0 Å². The molecule has 0 spiro atoms. The zero-order valence-electron chi connectivity index (χ0n) is 6.28. The van der Waals surface area contributed by atoms with Crippen LogP contribution in [0.1, 0.15) is 19.8 Å². The zero-order chi connectivity index (χ0) is 6.69. The van der Waals surface area contributed by atoms with Crippen LogP contribution in [0.5, 0.6) is 0 Å². The fraction of sp³-hybridized carbons (Fsp3) is 1.00. The molecule has 54 valence electrons. The first kappa shape index (κ1) is 7.03. The maximum Gasteiger partial charge on any atom is 0.0595 e. The molecule has 0 amide bonds. The Morgan fingerprint density at radius 3 is 2.78 bits per heavy atom. The van der Waals surface area contributed by atoms with E-state index in [-0.39, 0.29) is 0 Å². The van der Waals surface area contributed by atoms with Gasteiger partial charge in [-0.25, -0.2) is 0 Å². The fourth-order valence-corrected chi connectivity index (χ4v) is 1.44. The summed E-state index contributed by atoms with van der Waals surface area (Å²) in [6.45, 7) is 3.46. The quantitative estimate of drug-likeness (QED) is 0.539. The molecule has 0 saturated carbocycles. The minimum absolute atomic E-state index is 0.554. The molecule has 0 aromatic carbocycles. The maximum absolute atomic E-state index is 3.41. The Morgan fingerprint density at radius 1 is 1.56 bits per heavy atom. The van der Waals surface area contributed by atoms with E-state index in [0.717, 1.165) is 5.92 Å². The Balaban J connectivity index is 2.30. The molecular formula is C7H16N2. The van der Waals surface area contributed by atoms with Gasteiger partial charge in [0.2, 0.25) is 0 Å². The molecule has 1 aliphatic rings. The maximum atomic E-state index is 3.41. The van der Waals surface area contributed by atoms with Crippen molar-refractivity contribution in [1.29, 1.82) is 0 Å². The predicted octanol–water partition coefficient (Wildman–Crippen LogP) is 0.551. The van der Waals surface area contributed by atoms with Crippen LogP contribution >= 0.6 is 0 Å². The molecule has 0 aliphatic carbocycles. The molecule has 2 heteroatoms. The lowest BCUT2D eigenvalue weighted by Gasteiger charge is -2.29. The van der Waals surface area contributed by atoms with Crippen molar-refractivity contribution in [3.63, 3.8) is 0 Å². The Morgan fingerprint density at radius 2 is 2.33 bits per heavy atom. The summed E-state index contributed by atoms with van der Waals surface area (Å²) in [4.78, 5) is 0. The van der Waals surface area contributed by atoms with Crippen molar-refractivity contribution < 1.29 is 0 Å². The standard InChI is InChI=1S/C7H16N2/c1-6-4-3-5-9-7(6)8-2/h6-9H,3-5H2,1-2H3. The second-order valence-corrected chi connectivity index (χ2v) is 2.84.